The molecule has 0 saturated carbocycles. The third kappa shape index (κ3) is 3.78. The van der Waals surface area contributed by atoms with Gasteiger partial charge in [0.05, 0.1) is 6.20 Å². The Balaban J connectivity index is 1.83. The fraction of sp³-hybridized carbons (Fsp3) is 0.500. The van der Waals surface area contributed by atoms with E-state index in [0.29, 0.717) is 0 Å². The molecule has 0 bridgehead atoms. The number of anilines is 3. The van der Waals surface area contributed by atoms with Gasteiger partial charge in [-0.15, -0.1) is 5.10 Å². The third-order valence-corrected chi connectivity index (χ3v) is 4.43. The second kappa shape index (κ2) is 7.40. The number of aryl methyl sites for hydroxylation is 2. The van der Waals surface area contributed by atoms with Gasteiger partial charge in [-0.1, -0.05) is 38.0 Å². The van der Waals surface area contributed by atoms with E-state index in [9.17, 15) is 0 Å². The molecule has 2 heterocycles. The van der Waals surface area contributed by atoms with Crippen LogP contribution in [0.5, 0.6) is 0 Å². The molecule has 23 heavy (non-hydrogen) atoms. The number of nitrogens with one attached hydrogen (secondary N) is 1. The second-order valence-corrected chi connectivity index (χ2v) is 6.13. The van der Waals surface area contributed by atoms with Crippen molar-refractivity contribution < 1.29 is 0 Å². The van der Waals surface area contributed by atoms with Gasteiger partial charge in [-0.25, -0.2) is 0 Å². The van der Waals surface area contributed by atoms with Crippen LogP contribution in [-0.4, -0.2) is 28.3 Å². The highest BCUT2D eigenvalue weighted by Crippen LogP contribution is 2.25. The number of benzene rings is 1. The molecule has 1 fully saturated rings. The fourth-order valence-corrected chi connectivity index (χ4v) is 3.09. The van der Waals surface area contributed by atoms with Gasteiger partial charge >= 0.3 is 0 Å². The lowest BCUT2D eigenvalue weighted by Crippen LogP contribution is -2.26. The van der Waals surface area contributed by atoms with Gasteiger partial charge in [0.25, 0.3) is 0 Å². The highest BCUT2D eigenvalue weighted by molar-refractivity contribution is 5.64. The molecule has 0 aliphatic carbocycles. The smallest absolute Gasteiger partial charge is 0.247 e. The van der Waals surface area contributed by atoms with Crippen molar-refractivity contribution in [2.24, 2.45) is 0 Å². The van der Waals surface area contributed by atoms with E-state index < -0.39 is 0 Å². The summed E-state index contributed by atoms with van der Waals surface area (Å²) in [7, 11) is 0. The summed E-state index contributed by atoms with van der Waals surface area (Å²) < 4.78 is 0. The van der Waals surface area contributed by atoms with Gasteiger partial charge in [-0.2, -0.15) is 10.1 Å². The average Bonchev–Trinajstić information content (AvgIpc) is 2.86. The zero-order valence-corrected chi connectivity index (χ0v) is 14.0. The Morgan fingerprint density at radius 2 is 1.91 bits per heavy atom. The minimum atomic E-state index is 0.739. The molecular formula is C18H25N5. The molecule has 1 aromatic heterocycles. The van der Waals surface area contributed by atoms with Crippen LogP contribution in [0.15, 0.2) is 24.4 Å². The molecule has 1 aliphatic heterocycles. The van der Waals surface area contributed by atoms with Crippen LogP contribution in [0.25, 0.3) is 0 Å². The van der Waals surface area contributed by atoms with E-state index in [1.807, 2.05) is 0 Å². The summed E-state index contributed by atoms with van der Waals surface area (Å²) in [5, 5.41) is 11.8. The van der Waals surface area contributed by atoms with Crippen molar-refractivity contribution in [3.05, 3.63) is 35.5 Å². The maximum atomic E-state index is 4.69. The summed E-state index contributed by atoms with van der Waals surface area (Å²) in [4.78, 5) is 6.94. The van der Waals surface area contributed by atoms with E-state index in [2.05, 4.69) is 52.5 Å². The van der Waals surface area contributed by atoms with Crippen molar-refractivity contribution in [2.75, 3.05) is 23.3 Å². The Morgan fingerprint density at radius 3 is 2.65 bits per heavy atom. The van der Waals surface area contributed by atoms with Crippen LogP contribution >= 0.6 is 0 Å². The lowest BCUT2D eigenvalue weighted by Gasteiger charge is -2.20. The summed E-state index contributed by atoms with van der Waals surface area (Å²) in [6.07, 6.45) is 7.70. The summed E-state index contributed by atoms with van der Waals surface area (Å²) in [6, 6.07) is 6.37. The molecule has 0 radical (unpaired) electrons. The largest absolute Gasteiger partial charge is 0.339 e. The standard InChI is InChI=1S/C18H25N5/c1-3-15-10-8-9-14(2)17(15)20-16-13-19-22-18(21-16)23-11-6-4-5-7-12-23/h8-10,13H,3-7,11-12H2,1-2H3,(H,20,21,22). The maximum Gasteiger partial charge on any atom is 0.247 e. The van der Waals surface area contributed by atoms with E-state index >= 15 is 0 Å². The first-order valence-corrected chi connectivity index (χ1v) is 8.58. The molecule has 0 amide bonds. The van der Waals surface area contributed by atoms with E-state index in [1.165, 1.54) is 36.8 Å². The molecule has 122 valence electrons. The lowest BCUT2D eigenvalue weighted by atomic mass is 10.1. The molecule has 0 unspecified atom stereocenters. The molecule has 1 N–H and O–H groups in total. The second-order valence-electron chi connectivity index (χ2n) is 6.13. The van der Waals surface area contributed by atoms with Gasteiger partial charge in [0.2, 0.25) is 5.95 Å². The third-order valence-electron chi connectivity index (χ3n) is 4.43. The Kier molecular flexibility index (Phi) is 5.05. The van der Waals surface area contributed by atoms with Crippen LogP contribution in [-0.2, 0) is 6.42 Å². The number of aromatic nitrogens is 3. The number of para-hydroxylation sites is 1. The Hall–Kier alpha value is -2.17. The topological polar surface area (TPSA) is 53.9 Å². The van der Waals surface area contributed by atoms with Crippen LogP contribution in [0, 0.1) is 6.92 Å². The predicted molar refractivity (Wildman–Crippen MR) is 94.3 cm³/mol. The number of nitrogens with zero attached hydrogens (tertiary/aromatic N) is 4. The molecule has 3 rings (SSSR count). The van der Waals surface area contributed by atoms with E-state index in [0.717, 1.165) is 37.0 Å². The van der Waals surface area contributed by atoms with Gasteiger partial charge in [0.15, 0.2) is 5.82 Å². The van der Waals surface area contributed by atoms with Gasteiger partial charge in [-0.05, 0) is 37.3 Å². The lowest BCUT2D eigenvalue weighted by molar-refractivity contribution is 0.726. The normalized spacial score (nSPS) is 15.3. The van der Waals surface area contributed by atoms with Crippen molar-refractivity contribution in [2.45, 2.75) is 46.0 Å². The molecule has 5 heteroatoms. The summed E-state index contributed by atoms with van der Waals surface area (Å²) in [5.41, 5.74) is 3.65. The molecule has 2 aromatic rings. The van der Waals surface area contributed by atoms with Gasteiger partial charge in [0, 0.05) is 18.8 Å². The van der Waals surface area contributed by atoms with Crippen molar-refractivity contribution in [3.63, 3.8) is 0 Å². The fourth-order valence-electron chi connectivity index (χ4n) is 3.09. The molecule has 5 nitrogen and oxygen atoms in total. The van der Waals surface area contributed by atoms with Crippen LogP contribution in [0.2, 0.25) is 0 Å². The minimum absolute atomic E-state index is 0.739. The summed E-state index contributed by atoms with van der Waals surface area (Å²) >= 11 is 0. The summed E-state index contributed by atoms with van der Waals surface area (Å²) in [5.74, 6) is 1.51. The van der Waals surface area contributed by atoms with Crippen LogP contribution in [0.3, 0.4) is 0 Å². The van der Waals surface area contributed by atoms with Crippen molar-refractivity contribution >= 4 is 17.5 Å². The van der Waals surface area contributed by atoms with Crippen molar-refractivity contribution in [3.8, 4) is 0 Å². The average molecular weight is 311 g/mol. The SMILES string of the molecule is CCc1cccc(C)c1Nc1cnnc(N2CCCCCC2)n1. The van der Waals surface area contributed by atoms with E-state index in [-0.39, 0.29) is 0 Å². The molecule has 1 aliphatic rings. The minimum Gasteiger partial charge on any atom is -0.339 e. The number of hydrogen-bond acceptors (Lipinski definition) is 5. The zero-order chi connectivity index (χ0) is 16.1. The number of hydrogen-bond donors (Lipinski definition) is 1. The molecule has 1 saturated heterocycles. The van der Waals surface area contributed by atoms with Gasteiger partial charge < -0.3 is 10.2 Å². The van der Waals surface area contributed by atoms with Crippen LogP contribution < -0.4 is 10.2 Å². The first kappa shape index (κ1) is 15.7. The first-order chi connectivity index (χ1) is 11.3. The van der Waals surface area contributed by atoms with Gasteiger partial charge in [-0.3, -0.25) is 0 Å². The molecular weight excluding hydrogens is 286 g/mol. The van der Waals surface area contributed by atoms with E-state index in [4.69, 9.17) is 4.98 Å². The predicted octanol–water partition coefficient (Wildman–Crippen LogP) is 3.87. The quantitative estimate of drug-likeness (QED) is 0.929. The Morgan fingerprint density at radius 1 is 1.13 bits per heavy atom. The molecule has 1 aromatic carbocycles. The zero-order valence-electron chi connectivity index (χ0n) is 14.0. The maximum absolute atomic E-state index is 4.69. The Bertz CT molecular complexity index is 648. The van der Waals surface area contributed by atoms with Crippen LogP contribution in [0.4, 0.5) is 17.5 Å². The van der Waals surface area contributed by atoms with Gasteiger partial charge in [0.1, 0.15) is 0 Å². The highest BCUT2D eigenvalue weighted by atomic mass is 15.3. The first-order valence-electron chi connectivity index (χ1n) is 8.58. The summed E-state index contributed by atoms with van der Waals surface area (Å²) in [6.45, 7) is 6.33. The molecule has 0 atom stereocenters. The number of rotatable bonds is 4. The van der Waals surface area contributed by atoms with Crippen molar-refractivity contribution in [1.29, 1.82) is 0 Å². The molecule has 0 spiro atoms. The van der Waals surface area contributed by atoms with E-state index in [1.54, 1.807) is 6.20 Å². The van der Waals surface area contributed by atoms with Crippen molar-refractivity contribution in [1.82, 2.24) is 15.2 Å². The Labute approximate surface area is 138 Å². The van der Waals surface area contributed by atoms with Crippen LogP contribution in [0.1, 0.15) is 43.7 Å². The highest BCUT2D eigenvalue weighted by Gasteiger charge is 2.14. The monoisotopic (exact) mass is 311 g/mol.